The van der Waals surface area contributed by atoms with Gasteiger partial charge in [0.05, 0.1) is 6.04 Å². The molecular formula is C21H18N2O2. The van der Waals surface area contributed by atoms with Crippen molar-refractivity contribution in [1.29, 1.82) is 0 Å². The number of rotatable bonds is 3. The second kappa shape index (κ2) is 6.40. The lowest BCUT2D eigenvalue weighted by Gasteiger charge is -2.41. The van der Waals surface area contributed by atoms with E-state index in [0.717, 1.165) is 17.5 Å². The third-order valence-electron chi connectivity index (χ3n) is 4.69. The molecule has 1 aromatic heterocycles. The lowest BCUT2D eigenvalue weighted by atomic mass is 9.94. The molecule has 1 aliphatic heterocycles. The van der Waals surface area contributed by atoms with Gasteiger partial charge in [-0.3, -0.25) is 9.59 Å². The Kier molecular flexibility index (Phi) is 3.94. The fraction of sp³-hybridized carbons (Fsp3) is 0.143. The van der Waals surface area contributed by atoms with Crippen LogP contribution in [-0.2, 0) is 0 Å². The summed E-state index contributed by atoms with van der Waals surface area (Å²) in [5, 5.41) is 0. The Hall–Kier alpha value is -3.14. The Balaban J connectivity index is 1.60. The Morgan fingerprint density at radius 1 is 0.920 bits per heavy atom. The summed E-state index contributed by atoms with van der Waals surface area (Å²) in [7, 11) is 0. The van der Waals surface area contributed by atoms with E-state index in [9.17, 15) is 9.59 Å². The van der Waals surface area contributed by atoms with Crippen LogP contribution >= 0.6 is 0 Å². The highest BCUT2D eigenvalue weighted by atomic mass is 16.2. The summed E-state index contributed by atoms with van der Waals surface area (Å²) in [6, 6.07) is 23.0. The minimum absolute atomic E-state index is 0.0573. The van der Waals surface area contributed by atoms with E-state index in [1.807, 2.05) is 60.7 Å². The highest BCUT2D eigenvalue weighted by molar-refractivity contribution is 5.95. The van der Waals surface area contributed by atoms with E-state index in [2.05, 4.69) is 4.98 Å². The molecule has 0 spiro atoms. The zero-order valence-electron chi connectivity index (χ0n) is 13.7. The number of hydrogen-bond acceptors (Lipinski definition) is 2. The van der Waals surface area contributed by atoms with E-state index in [-0.39, 0.29) is 23.1 Å². The minimum atomic E-state index is -0.343. The number of carbonyl (C=O) groups excluding carboxylic acids is 1. The number of carbonyl (C=O) groups is 1. The highest BCUT2D eigenvalue weighted by Gasteiger charge is 2.34. The van der Waals surface area contributed by atoms with Gasteiger partial charge < -0.3 is 9.88 Å². The number of likely N-dealkylation sites (tertiary alicyclic amines) is 1. The maximum Gasteiger partial charge on any atom is 0.261 e. The zero-order chi connectivity index (χ0) is 17.2. The van der Waals surface area contributed by atoms with E-state index in [1.54, 1.807) is 17.0 Å². The Bertz CT molecular complexity index is 948. The molecule has 4 nitrogen and oxygen atoms in total. The maximum atomic E-state index is 12.8. The predicted octanol–water partition coefficient (Wildman–Crippen LogP) is 3.63. The van der Waals surface area contributed by atoms with Gasteiger partial charge in [0, 0.05) is 12.2 Å². The lowest BCUT2D eigenvalue weighted by molar-refractivity contribution is 0.0458. The Labute approximate surface area is 145 Å². The topological polar surface area (TPSA) is 53.2 Å². The molecule has 1 N–H and O–H groups in total. The third kappa shape index (κ3) is 2.87. The number of aromatic nitrogens is 1. The van der Waals surface area contributed by atoms with Crippen LogP contribution in [0.2, 0.25) is 0 Å². The second-order valence-electron chi connectivity index (χ2n) is 6.19. The number of benzene rings is 2. The Morgan fingerprint density at radius 3 is 2.20 bits per heavy atom. The first kappa shape index (κ1) is 15.4. The monoisotopic (exact) mass is 330 g/mol. The first-order valence-electron chi connectivity index (χ1n) is 8.39. The Morgan fingerprint density at radius 2 is 1.60 bits per heavy atom. The van der Waals surface area contributed by atoms with Crippen molar-refractivity contribution in [2.24, 2.45) is 0 Å². The van der Waals surface area contributed by atoms with E-state index < -0.39 is 0 Å². The van der Waals surface area contributed by atoms with Gasteiger partial charge in [0.1, 0.15) is 5.56 Å². The fourth-order valence-electron chi connectivity index (χ4n) is 3.24. The molecule has 0 saturated carbocycles. The molecule has 1 saturated heterocycles. The summed E-state index contributed by atoms with van der Waals surface area (Å²) >= 11 is 0. The van der Waals surface area contributed by atoms with Gasteiger partial charge in [-0.25, -0.2) is 0 Å². The molecule has 124 valence electrons. The molecule has 2 heterocycles. The number of pyridine rings is 1. The average Bonchev–Trinajstić information content (AvgIpc) is 2.62. The first-order valence-corrected chi connectivity index (χ1v) is 8.39. The van der Waals surface area contributed by atoms with Crippen molar-refractivity contribution in [3.8, 4) is 11.3 Å². The van der Waals surface area contributed by atoms with Crippen LogP contribution in [0.15, 0.2) is 77.6 Å². The van der Waals surface area contributed by atoms with E-state index in [1.165, 1.54) is 0 Å². The zero-order valence-corrected chi connectivity index (χ0v) is 13.7. The van der Waals surface area contributed by atoms with Crippen molar-refractivity contribution >= 4 is 5.91 Å². The number of nitrogens with zero attached hydrogens (tertiary/aromatic N) is 1. The molecule has 1 amide bonds. The largest absolute Gasteiger partial charge is 0.331 e. The van der Waals surface area contributed by atoms with Crippen LogP contribution in [0.25, 0.3) is 11.3 Å². The summed E-state index contributed by atoms with van der Waals surface area (Å²) in [6.07, 6.45) is 0.926. The molecule has 25 heavy (non-hydrogen) atoms. The van der Waals surface area contributed by atoms with Gasteiger partial charge >= 0.3 is 0 Å². The second-order valence-corrected chi connectivity index (χ2v) is 6.19. The van der Waals surface area contributed by atoms with E-state index in [0.29, 0.717) is 12.2 Å². The molecule has 0 radical (unpaired) electrons. The molecule has 0 bridgehead atoms. The molecule has 2 aromatic carbocycles. The lowest BCUT2D eigenvalue weighted by Crippen LogP contribution is -2.46. The summed E-state index contributed by atoms with van der Waals surface area (Å²) in [5.74, 6) is -0.207. The molecule has 0 aliphatic carbocycles. The van der Waals surface area contributed by atoms with Gasteiger partial charge in [-0.15, -0.1) is 0 Å². The van der Waals surface area contributed by atoms with Gasteiger partial charge in [0.15, 0.2) is 0 Å². The van der Waals surface area contributed by atoms with Crippen molar-refractivity contribution < 1.29 is 4.79 Å². The van der Waals surface area contributed by atoms with Crippen LogP contribution in [0, 0.1) is 0 Å². The summed E-state index contributed by atoms with van der Waals surface area (Å²) < 4.78 is 0. The number of nitrogens with one attached hydrogen (secondary N) is 1. The maximum absolute atomic E-state index is 12.8. The fourth-order valence-corrected chi connectivity index (χ4v) is 3.24. The van der Waals surface area contributed by atoms with Crippen molar-refractivity contribution in [3.63, 3.8) is 0 Å². The van der Waals surface area contributed by atoms with Crippen molar-refractivity contribution in [3.05, 3.63) is 94.3 Å². The quantitative estimate of drug-likeness (QED) is 0.797. The van der Waals surface area contributed by atoms with Crippen molar-refractivity contribution in [2.75, 3.05) is 6.54 Å². The number of aromatic amines is 1. The van der Waals surface area contributed by atoms with Gasteiger partial charge in [-0.1, -0.05) is 60.7 Å². The van der Waals surface area contributed by atoms with Crippen molar-refractivity contribution in [1.82, 2.24) is 9.88 Å². The van der Waals surface area contributed by atoms with Crippen LogP contribution < -0.4 is 5.56 Å². The van der Waals surface area contributed by atoms with Gasteiger partial charge in [0.25, 0.3) is 11.5 Å². The van der Waals surface area contributed by atoms with E-state index in [4.69, 9.17) is 0 Å². The predicted molar refractivity (Wildman–Crippen MR) is 97.3 cm³/mol. The van der Waals surface area contributed by atoms with Crippen LogP contribution in [0.5, 0.6) is 0 Å². The molecule has 1 fully saturated rings. The normalized spacial score (nSPS) is 16.3. The summed E-state index contributed by atoms with van der Waals surface area (Å²) in [4.78, 5) is 29.8. The minimum Gasteiger partial charge on any atom is -0.331 e. The van der Waals surface area contributed by atoms with Crippen LogP contribution in [-0.4, -0.2) is 22.3 Å². The third-order valence-corrected chi connectivity index (χ3v) is 4.69. The molecule has 3 aromatic rings. The molecule has 1 aliphatic rings. The molecule has 4 rings (SSSR count). The van der Waals surface area contributed by atoms with Gasteiger partial charge in [-0.2, -0.15) is 0 Å². The van der Waals surface area contributed by atoms with Crippen LogP contribution in [0.1, 0.15) is 28.4 Å². The van der Waals surface area contributed by atoms with E-state index >= 15 is 0 Å². The summed E-state index contributed by atoms with van der Waals surface area (Å²) in [6.45, 7) is 0.679. The molecule has 1 atom stereocenters. The molecular weight excluding hydrogens is 312 g/mol. The smallest absolute Gasteiger partial charge is 0.261 e. The van der Waals surface area contributed by atoms with Crippen molar-refractivity contribution in [2.45, 2.75) is 12.5 Å². The SMILES string of the molecule is O=C(c1ccc(-c2ccccc2)[nH]c1=O)N1CC[C@H]1c1ccccc1. The average molecular weight is 330 g/mol. The number of amides is 1. The standard InChI is InChI=1S/C21H18N2O2/c24-20-17(11-12-18(22-20)15-7-3-1-4-8-15)21(25)23-14-13-19(23)16-9-5-2-6-10-16/h1-12,19H,13-14H2,(H,22,24)/t19-/m0/s1. The summed E-state index contributed by atoms with van der Waals surface area (Å²) in [5.41, 5.74) is 2.60. The van der Waals surface area contributed by atoms with Gasteiger partial charge in [-0.05, 0) is 29.7 Å². The molecule has 0 unspecified atom stereocenters. The highest BCUT2D eigenvalue weighted by Crippen LogP contribution is 2.33. The first-order chi connectivity index (χ1) is 12.2. The van der Waals surface area contributed by atoms with Crippen LogP contribution in [0.4, 0.5) is 0 Å². The number of hydrogen-bond donors (Lipinski definition) is 1. The van der Waals surface area contributed by atoms with Gasteiger partial charge in [0.2, 0.25) is 0 Å². The molecule has 4 heteroatoms. The van der Waals surface area contributed by atoms with Crippen LogP contribution in [0.3, 0.4) is 0 Å². The number of H-pyrrole nitrogens is 1.